The van der Waals surface area contributed by atoms with Crippen LogP contribution in [0.2, 0.25) is 0 Å². The molecule has 0 aromatic rings. The largest absolute Gasteiger partial charge is 0.359 e. The van der Waals surface area contributed by atoms with Gasteiger partial charge in [0.15, 0.2) is 0 Å². The van der Waals surface area contributed by atoms with Crippen LogP contribution in [-0.4, -0.2) is 34.0 Å². The quantitative estimate of drug-likeness (QED) is 0.388. The third-order valence-electron chi connectivity index (χ3n) is 3.78. The summed E-state index contributed by atoms with van der Waals surface area (Å²) >= 11 is 0.513. The molecule has 0 heterocycles. The summed E-state index contributed by atoms with van der Waals surface area (Å²) in [6.45, 7) is 4.50. The van der Waals surface area contributed by atoms with Crippen molar-refractivity contribution in [2.45, 2.75) is 60.5 Å². The van der Waals surface area contributed by atoms with Crippen LogP contribution in [-0.2, 0) is 9.47 Å². The SMILES string of the molecule is CCC(C)(CC)OC1(F)C(F)(F)C(F)(I)C1(F)OC. The number of ether oxygens (including phenoxy) is 2. The van der Waals surface area contributed by atoms with Gasteiger partial charge in [-0.15, -0.1) is 0 Å². The second kappa shape index (κ2) is 4.66. The highest BCUT2D eigenvalue weighted by atomic mass is 127. The Kier molecular flexibility index (Phi) is 4.25. The number of halogens is 6. The maximum Gasteiger partial charge on any atom is 0.359 e. The molecule has 0 bridgehead atoms. The van der Waals surface area contributed by atoms with Crippen molar-refractivity contribution in [1.29, 1.82) is 0 Å². The third kappa shape index (κ3) is 1.85. The lowest BCUT2D eigenvalue weighted by molar-refractivity contribution is -0.511. The highest BCUT2D eigenvalue weighted by Crippen LogP contribution is 2.71. The second-order valence-electron chi connectivity index (χ2n) is 4.80. The van der Waals surface area contributed by atoms with E-state index < -0.39 is 26.9 Å². The fourth-order valence-electron chi connectivity index (χ4n) is 1.87. The van der Waals surface area contributed by atoms with Crippen molar-refractivity contribution in [2.75, 3.05) is 7.11 Å². The standard InChI is InChI=1S/C11H16F5IO2/c1-5-7(3,6-2)19-10(15)8(12,13)9(14,17)11(10,16)18-4/h5-6H2,1-4H3. The Morgan fingerprint density at radius 2 is 1.42 bits per heavy atom. The molecule has 3 atom stereocenters. The van der Waals surface area contributed by atoms with Gasteiger partial charge in [0.2, 0.25) is 0 Å². The summed E-state index contributed by atoms with van der Waals surface area (Å²) in [6.07, 6.45) is 0.317. The van der Waals surface area contributed by atoms with Gasteiger partial charge in [0.1, 0.15) is 0 Å². The molecule has 0 aromatic heterocycles. The molecular weight excluding hydrogens is 386 g/mol. The normalized spacial score (nSPS) is 42.0. The molecule has 1 fully saturated rings. The summed E-state index contributed by atoms with van der Waals surface area (Å²) < 4.78 is 74.5. The van der Waals surface area contributed by atoms with Gasteiger partial charge in [0.05, 0.1) is 5.60 Å². The maximum atomic E-state index is 14.4. The summed E-state index contributed by atoms with van der Waals surface area (Å²) in [5, 5.41) is 0. The van der Waals surface area contributed by atoms with Crippen molar-refractivity contribution in [3.63, 3.8) is 0 Å². The third-order valence-corrected chi connectivity index (χ3v) is 5.15. The zero-order valence-electron chi connectivity index (χ0n) is 11.0. The highest BCUT2D eigenvalue weighted by Gasteiger charge is 2.99. The minimum Gasteiger partial charge on any atom is -0.341 e. The molecule has 0 N–H and O–H groups in total. The molecule has 0 aromatic carbocycles. The van der Waals surface area contributed by atoms with Crippen LogP contribution in [0.1, 0.15) is 33.6 Å². The fraction of sp³-hybridized carbons (Fsp3) is 1.00. The number of alkyl halides is 6. The van der Waals surface area contributed by atoms with Crippen molar-refractivity contribution in [3.05, 3.63) is 0 Å². The first-order chi connectivity index (χ1) is 8.39. The molecule has 0 aliphatic heterocycles. The first kappa shape index (κ1) is 17.4. The van der Waals surface area contributed by atoms with Gasteiger partial charge in [-0.05, 0) is 42.4 Å². The maximum absolute atomic E-state index is 14.4. The van der Waals surface area contributed by atoms with E-state index >= 15 is 0 Å². The lowest BCUT2D eigenvalue weighted by atomic mass is 9.78. The van der Waals surface area contributed by atoms with E-state index in [2.05, 4.69) is 9.47 Å². The monoisotopic (exact) mass is 402 g/mol. The molecule has 0 saturated heterocycles. The van der Waals surface area contributed by atoms with E-state index in [-0.39, 0.29) is 12.8 Å². The summed E-state index contributed by atoms with van der Waals surface area (Å²) in [4.78, 5) is 0. The molecule has 1 rings (SSSR count). The zero-order chi connectivity index (χ0) is 15.3. The van der Waals surface area contributed by atoms with E-state index in [4.69, 9.17) is 0 Å². The molecule has 0 spiro atoms. The molecular formula is C11H16F5IO2. The van der Waals surface area contributed by atoms with Gasteiger partial charge < -0.3 is 9.47 Å². The van der Waals surface area contributed by atoms with Crippen LogP contribution in [0.3, 0.4) is 0 Å². The van der Waals surface area contributed by atoms with E-state index in [0.717, 1.165) is 0 Å². The van der Waals surface area contributed by atoms with E-state index in [1.165, 1.54) is 6.92 Å². The predicted molar refractivity (Wildman–Crippen MR) is 67.6 cm³/mol. The summed E-state index contributed by atoms with van der Waals surface area (Å²) in [5.74, 6) is -12.7. The summed E-state index contributed by atoms with van der Waals surface area (Å²) in [6, 6.07) is 0. The average Bonchev–Trinajstić information content (AvgIpc) is 2.35. The van der Waals surface area contributed by atoms with Gasteiger partial charge in [0.25, 0.3) is 3.68 Å². The average molecular weight is 402 g/mol. The van der Waals surface area contributed by atoms with E-state index in [1.54, 1.807) is 13.8 Å². The Balaban J connectivity index is 3.23. The summed E-state index contributed by atoms with van der Waals surface area (Å²) in [5.41, 5.74) is -1.35. The first-order valence-corrected chi connectivity index (χ1v) is 6.85. The van der Waals surface area contributed by atoms with Crippen molar-refractivity contribution in [3.8, 4) is 0 Å². The van der Waals surface area contributed by atoms with Gasteiger partial charge in [-0.2, -0.15) is 13.2 Å². The molecule has 114 valence electrons. The van der Waals surface area contributed by atoms with Crippen LogP contribution in [0.4, 0.5) is 22.0 Å². The Bertz CT molecular complexity index is 361. The first-order valence-electron chi connectivity index (χ1n) is 5.78. The van der Waals surface area contributed by atoms with E-state index in [9.17, 15) is 22.0 Å². The molecule has 3 unspecified atom stereocenters. The molecule has 8 heteroatoms. The molecule has 0 amide bonds. The van der Waals surface area contributed by atoms with Crippen LogP contribution in [0, 0.1) is 0 Å². The Labute approximate surface area is 122 Å². The molecule has 2 nitrogen and oxygen atoms in total. The number of methoxy groups -OCH3 is 1. The molecule has 0 radical (unpaired) electrons. The fourth-order valence-corrected chi connectivity index (χ4v) is 2.78. The van der Waals surface area contributed by atoms with Gasteiger partial charge in [-0.1, -0.05) is 13.8 Å². The van der Waals surface area contributed by atoms with E-state index in [1.807, 2.05) is 0 Å². The predicted octanol–water partition coefficient (Wildman–Crippen LogP) is 4.31. The lowest BCUT2D eigenvalue weighted by Gasteiger charge is -2.59. The van der Waals surface area contributed by atoms with Gasteiger partial charge in [-0.3, -0.25) is 0 Å². The number of hydrogen-bond acceptors (Lipinski definition) is 2. The van der Waals surface area contributed by atoms with Crippen molar-refractivity contribution >= 4 is 22.6 Å². The molecule has 1 aliphatic rings. The molecule has 19 heavy (non-hydrogen) atoms. The van der Waals surface area contributed by atoms with Crippen LogP contribution >= 0.6 is 22.6 Å². The smallest absolute Gasteiger partial charge is 0.341 e. The second-order valence-corrected chi connectivity index (χ2v) is 6.29. The highest BCUT2D eigenvalue weighted by molar-refractivity contribution is 14.1. The number of rotatable bonds is 5. The number of hydrogen-bond donors (Lipinski definition) is 0. The molecule has 1 saturated carbocycles. The van der Waals surface area contributed by atoms with Crippen LogP contribution in [0.5, 0.6) is 0 Å². The zero-order valence-corrected chi connectivity index (χ0v) is 13.2. The summed E-state index contributed by atoms with van der Waals surface area (Å²) in [7, 11) is 0.620. The Morgan fingerprint density at radius 3 is 1.74 bits per heavy atom. The van der Waals surface area contributed by atoms with Gasteiger partial charge in [-0.25, -0.2) is 8.78 Å². The van der Waals surface area contributed by atoms with Gasteiger partial charge in [0, 0.05) is 7.11 Å². The van der Waals surface area contributed by atoms with Gasteiger partial charge >= 0.3 is 17.6 Å². The van der Waals surface area contributed by atoms with E-state index in [0.29, 0.717) is 29.7 Å². The minimum absolute atomic E-state index is 0.158. The topological polar surface area (TPSA) is 18.5 Å². The Morgan fingerprint density at radius 1 is 1.00 bits per heavy atom. The van der Waals surface area contributed by atoms with Crippen molar-refractivity contribution < 1.29 is 31.4 Å². The van der Waals surface area contributed by atoms with Crippen molar-refractivity contribution in [2.24, 2.45) is 0 Å². The minimum atomic E-state index is -4.66. The van der Waals surface area contributed by atoms with Crippen LogP contribution in [0.25, 0.3) is 0 Å². The lowest BCUT2D eigenvalue weighted by Crippen LogP contribution is -2.87. The molecule has 1 aliphatic carbocycles. The Hall–Kier alpha value is 0.300. The van der Waals surface area contributed by atoms with Crippen LogP contribution < -0.4 is 0 Å². The van der Waals surface area contributed by atoms with Crippen molar-refractivity contribution in [1.82, 2.24) is 0 Å². The van der Waals surface area contributed by atoms with Crippen LogP contribution in [0.15, 0.2) is 0 Å².